The third kappa shape index (κ3) is 3.34. The van der Waals surface area contributed by atoms with Gasteiger partial charge in [0.1, 0.15) is 5.82 Å². The summed E-state index contributed by atoms with van der Waals surface area (Å²) in [6.07, 6.45) is 1.65. The van der Waals surface area contributed by atoms with Gasteiger partial charge in [0.25, 0.3) is 5.91 Å². The van der Waals surface area contributed by atoms with E-state index in [1.54, 1.807) is 12.3 Å². The minimum absolute atomic E-state index is 0.210. The largest absolute Gasteiger partial charge is 0.307 e. The molecule has 0 spiro atoms. The van der Waals surface area contributed by atoms with Gasteiger partial charge in [-0.05, 0) is 36.4 Å². The Hall–Kier alpha value is -3.05. The van der Waals surface area contributed by atoms with Crippen molar-refractivity contribution in [3.05, 3.63) is 89.0 Å². The molecular formula is C21H14BrN3O. The van der Waals surface area contributed by atoms with Crippen LogP contribution < -0.4 is 5.32 Å². The highest BCUT2D eigenvalue weighted by molar-refractivity contribution is 9.10. The summed E-state index contributed by atoms with van der Waals surface area (Å²) < 4.78 is 0.962. The second-order valence-electron chi connectivity index (χ2n) is 5.75. The lowest BCUT2D eigenvalue weighted by atomic mass is 10.0. The van der Waals surface area contributed by atoms with Crippen LogP contribution in [0.2, 0.25) is 0 Å². The SMILES string of the molecule is O=C(Nc1ccccn1)c1cc(-c2cccc(Br)c2)nc2ccccc12. The maximum absolute atomic E-state index is 12.9. The first kappa shape index (κ1) is 16.4. The monoisotopic (exact) mass is 403 g/mol. The standard InChI is InChI=1S/C21H14BrN3O/c22-15-7-5-6-14(12-15)19-13-17(16-8-1-2-9-18(16)24-19)21(26)25-20-10-3-4-11-23-20/h1-13H,(H,23,25,26). The summed E-state index contributed by atoms with van der Waals surface area (Å²) in [6.45, 7) is 0. The Morgan fingerprint density at radius 2 is 1.77 bits per heavy atom. The van der Waals surface area contributed by atoms with Crippen LogP contribution in [0.1, 0.15) is 10.4 Å². The molecule has 1 N–H and O–H groups in total. The summed E-state index contributed by atoms with van der Waals surface area (Å²) in [6, 6.07) is 22.7. The molecule has 0 fully saturated rings. The van der Waals surface area contributed by atoms with Crippen molar-refractivity contribution in [2.24, 2.45) is 0 Å². The third-order valence-corrected chi connectivity index (χ3v) is 4.48. The van der Waals surface area contributed by atoms with Crippen LogP contribution in [-0.2, 0) is 0 Å². The van der Waals surface area contributed by atoms with Crippen molar-refractivity contribution in [3.63, 3.8) is 0 Å². The van der Waals surface area contributed by atoms with E-state index in [-0.39, 0.29) is 5.91 Å². The topological polar surface area (TPSA) is 54.9 Å². The molecular weight excluding hydrogens is 390 g/mol. The van der Waals surface area contributed by atoms with Crippen LogP contribution in [0.3, 0.4) is 0 Å². The van der Waals surface area contributed by atoms with Gasteiger partial charge < -0.3 is 5.32 Å². The zero-order chi connectivity index (χ0) is 17.9. The van der Waals surface area contributed by atoms with E-state index in [1.165, 1.54) is 0 Å². The van der Waals surface area contributed by atoms with Crippen LogP contribution in [0.15, 0.2) is 83.5 Å². The van der Waals surface area contributed by atoms with Gasteiger partial charge >= 0.3 is 0 Å². The van der Waals surface area contributed by atoms with Crippen LogP contribution in [0.4, 0.5) is 5.82 Å². The zero-order valence-corrected chi connectivity index (χ0v) is 15.3. The molecule has 4 aromatic rings. The van der Waals surface area contributed by atoms with Gasteiger partial charge in [0.2, 0.25) is 0 Å². The highest BCUT2D eigenvalue weighted by atomic mass is 79.9. The fourth-order valence-electron chi connectivity index (χ4n) is 2.78. The number of nitrogens with one attached hydrogen (secondary N) is 1. The molecule has 2 heterocycles. The summed E-state index contributed by atoms with van der Waals surface area (Å²) in [5.74, 6) is 0.306. The second kappa shape index (κ2) is 7.06. The Morgan fingerprint density at radius 1 is 0.923 bits per heavy atom. The fraction of sp³-hybridized carbons (Fsp3) is 0. The average molecular weight is 404 g/mol. The predicted molar refractivity (Wildman–Crippen MR) is 107 cm³/mol. The number of amides is 1. The zero-order valence-electron chi connectivity index (χ0n) is 13.7. The first-order valence-electron chi connectivity index (χ1n) is 8.09. The molecule has 0 atom stereocenters. The van der Waals surface area contributed by atoms with Crippen LogP contribution >= 0.6 is 15.9 Å². The molecule has 1 amide bonds. The summed E-state index contributed by atoms with van der Waals surface area (Å²) in [5.41, 5.74) is 3.03. The molecule has 0 aliphatic heterocycles. The van der Waals surface area contributed by atoms with Gasteiger partial charge in [0.15, 0.2) is 0 Å². The molecule has 126 valence electrons. The number of carbonyl (C=O) groups is 1. The smallest absolute Gasteiger partial charge is 0.257 e. The van der Waals surface area contributed by atoms with Crippen molar-refractivity contribution in [3.8, 4) is 11.3 Å². The Morgan fingerprint density at radius 3 is 2.58 bits per heavy atom. The molecule has 0 saturated carbocycles. The summed E-state index contributed by atoms with van der Waals surface area (Å²) in [4.78, 5) is 21.8. The van der Waals surface area contributed by atoms with E-state index in [2.05, 4.69) is 26.2 Å². The number of hydrogen-bond donors (Lipinski definition) is 1. The van der Waals surface area contributed by atoms with Crippen LogP contribution in [-0.4, -0.2) is 15.9 Å². The van der Waals surface area contributed by atoms with Gasteiger partial charge in [-0.2, -0.15) is 0 Å². The fourth-order valence-corrected chi connectivity index (χ4v) is 3.18. The second-order valence-corrected chi connectivity index (χ2v) is 6.67. The number of benzene rings is 2. The minimum atomic E-state index is -0.210. The molecule has 26 heavy (non-hydrogen) atoms. The molecule has 0 bridgehead atoms. The van der Waals surface area contributed by atoms with Crippen molar-refractivity contribution in [2.45, 2.75) is 0 Å². The van der Waals surface area contributed by atoms with E-state index in [9.17, 15) is 4.79 Å². The summed E-state index contributed by atoms with van der Waals surface area (Å²) >= 11 is 3.49. The van der Waals surface area contributed by atoms with Crippen molar-refractivity contribution in [1.29, 1.82) is 0 Å². The van der Waals surface area contributed by atoms with Crippen molar-refractivity contribution < 1.29 is 4.79 Å². The number of nitrogens with zero attached hydrogens (tertiary/aromatic N) is 2. The number of aromatic nitrogens is 2. The first-order valence-corrected chi connectivity index (χ1v) is 8.88. The van der Waals surface area contributed by atoms with Crippen LogP contribution in [0, 0.1) is 0 Å². The van der Waals surface area contributed by atoms with Gasteiger partial charge in [-0.1, -0.05) is 52.3 Å². The molecule has 4 nitrogen and oxygen atoms in total. The van der Waals surface area contributed by atoms with Gasteiger partial charge in [-0.15, -0.1) is 0 Å². The number of halogens is 1. The lowest BCUT2D eigenvalue weighted by molar-refractivity contribution is 0.102. The van der Waals surface area contributed by atoms with E-state index in [1.807, 2.05) is 66.7 Å². The number of hydrogen-bond acceptors (Lipinski definition) is 3. The van der Waals surface area contributed by atoms with Crippen molar-refractivity contribution in [2.75, 3.05) is 5.32 Å². The van der Waals surface area contributed by atoms with Crippen molar-refractivity contribution >= 4 is 38.6 Å². The lowest BCUT2D eigenvalue weighted by Gasteiger charge is -2.10. The number of fused-ring (bicyclic) bond motifs is 1. The van der Waals surface area contributed by atoms with E-state index in [0.717, 1.165) is 26.6 Å². The lowest BCUT2D eigenvalue weighted by Crippen LogP contribution is -2.14. The van der Waals surface area contributed by atoms with Crippen molar-refractivity contribution in [1.82, 2.24) is 9.97 Å². The molecule has 0 unspecified atom stereocenters. The molecule has 0 radical (unpaired) electrons. The maximum Gasteiger partial charge on any atom is 0.257 e. The molecule has 0 aliphatic carbocycles. The van der Waals surface area contributed by atoms with Crippen LogP contribution in [0.25, 0.3) is 22.2 Å². The molecule has 0 aliphatic rings. The Kier molecular flexibility index (Phi) is 4.46. The normalized spacial score (nSPS) is 10.7. The van der Waals surface area contributed by atoms with E-state index >= 15 is 0 Å². The number of carbonyl (C=O) groups excluding carboxylic acids is 1. The molecule has 2 aromatic carbocycles. The van der Waals surface area contributed by atoms with Gasteiger partial charge in [-0.3, -0.25) is 4.79 Å². The molecule has 2 aromatic heterocycles. The van der Waals surface area contributed by atoms with E-state index in [4.69, 9.17) is 4.98 Å². The third-order valence-electron chi connectivity index (χ3n) is 3.99. The highest BCUT2D eigenvalue weighted by Crippen LogP contribution is 2.27. The van der Waals surface area contributed by atoms with E-state index < -0.39 is 0 Å². The summed E-state index contributed by atoms with van der Waals surface area (Å²) in [7, 11) is 0. The Balaban J connectivity index is 1.83. The molecule has 0 saturated heterocycles. The first-order chi connectivity index (χ1) is 12.7. The van der Waals surface area contributed by atoms with E-state index in [0.29, 0.717) is 11.4 Å². The van der Waals surface area contributed by atoms with Crippen LogP contribution in [0.5, 0.6) is 0 Å². The highest BCUT2D eigenvalue weighted by Gasteiger charge is 2.14. The molecule has 5 heteroatoms. The number of para-hydroxylation sites is 1. The number of rotatable bonds is 3. The maximum atomic E-state index is 12.9. The van der Waals surface area contributed by atoms with Gasteiger partial charge in [0, 0.05) is 21.6 Å². The minimum Gasteiger partial charge on any atom is -0.307 e. The number of anilines is 1. The van der Waals surface area contributed by atoms with Gasteiger partial charge in [0.05, 0.1) is 16.8 Å². The quantitative estimate of drug-likeness (QED) is 0.504. The number of pyridine rings is 2. The average Bonchev–Trinajstić information content (AvgIpc) is 2.68. The molecule has 4 rings (SSSR count). The Labute approximate surface area is 159 Å². The predicted octanol–water partition coefficient (Wildman–Crippen LogP) is 5.31. The Bertz CT molecular complexity index is 1100. The summed E-state index contributed by atoms with van der Waals surface area (Å²) in [5, 5.41) is 3.66. The van der Waals surface area contributed by atoms with Gasteiger partial charge in [-0.25, -0.2) is 9.97 Å².